The summed E-state index contributed by atoms with van der Waals surface area (Å²) in [6.07, 6.45) is 0. The first kappa shape index (κ1) is 17.1. The Kier molecular flexibility index (Phi) is 4.06. The van der Waals surface area contributed by atoms with Gasteiger partial charge in [-0.25, -0.2) is 0 Å². The molecule has 2 heteroatoms. The van der Waals surface area contributed by atoms with E-state index in [1.807, 2.05) is 0 Å². The Hall–Kier alpha value is -1.70. The topological polar surface area (TPSA) is 27.8 Å². The molecule has 2 heterocycles. The Morgan fingerprint density at radius 3 is 2.25 bits per heavy atom. The monoisotopic (exact) mass is 324 g/mol. The van der Waals surface area contributed by atoms with Gasteiger partial charge in [0.25, 0.3) is 0 Å². The van der Waals surface area contributed by atoms with Crippen molar-refractivity contribution in [2.24, 2.45) is 11.3 Å². The van der Waals surface area contributed by atoms with Crippen molar-refractivity contribution in [3.05, 3.63) is 53.3 Å². The van der Waals surface area contributed by atoms with E-state index in [0.717, 1.165) is 0 Å². The zero-order chi connectivity index (χ0) is 17.7. The van der Waals surface area contributed by atoms with Crippen LogP contribution in [-0.4, -0.2) is 4.98 Å². The number of aromatic amines is 1. The van der Waals surface area contributed by atoms with E-state index in [4.69, 9.17) is 0 Å². The number of H-pyrrole nitrogens is 1. The third-order valence-corrected chi connectivity index (χ3v) is 5.62. The van der Waals surface area contributed by atoms with Crippen LogP contribution < -0.4 is 5.32 Å². The zero-order valence-electron chi connectivity index (χ0n) is 16.2. The smallest absolute Gasteiger partial charge is 0.0755 e. The number of anilines is 1. The molecule has 0 fully saturated rings. The highest BCUT2D eigenvalue weighted by atomic mass is 15.0. The van der Waals surface area contributed by atoms with Gasteiger partial charge < -0.3 is 10.3 Å². The van der Waals surface area contributed by atoms with E-state index in [2.05, 4.69) is 95.2 Å². The molecule has 0 spiro atoms. The van der Waals surface area contributed by atoms with Gasteiger partial charge in [0.15, 0.2) is 0 Å². The summed E-state index contributed by atoms with van der Waals surface area (Å²) >= 11 is 0. The van der Waals surface area contributed by atoms with Gasteiger partial charge in [0, 0.05) is 28.4 Å². The van der Waals surface area contributed by atoms with E-state index in [-0.39, 0.29) is 16.9 Å². The van der Waals surface area contributed by atoms with Crippen LogP contribution in [0.15, 0.2) is 36.4 Å². The minimum absolute atomic E-state index is 0.0772. The molecule has 2 nitrogen and oxygen atoms in total. The van der Waals surface area contributed by atoms with Gasteiger partial charge >= 0.3 is 0 Å². The van der Waals surface area contributed by atoms with Crippen molar-refractivity contribution >= 4 is 5.69 Å². The van der Waals surface area contributed by atoms with Crippen LogP contribution in [0.1, 0.15) is 77.4 Å². The molecule has 24 heavy (non-hydrogen) atoms. The van der Waals surface area contributed by atoms with Crippen LogP contribution in [0.3, 0.4) is 0 Å². The zero-order valence-corrected chi connectivity index (χ0v) is 16.2. The fourth-order valence-corrected chi connectivity index (χ4v) is 4.73. The first-order valence-corrected chi connectivity index (χ1v) is 9.17. The van der Waals surface area contributed by atoms with Crippen molar-refractivity contribution in [2.45, 2.75) is 65.8 Å². The van der Waals surface area contributed by atoms with Gasteiger partial charge in [-0.05, 0) is 35.1 Å². The van der Waals surface area contributed by atoms with E-state index in [1.54, 1.807) is 0 Å². The summed E-state index contributed by atoms with van der Waals surface area (Å²) in [7, 11) is 0. The summed E-state index contributed by atoms with van der Waals surface area (Å²) in [5, 5.41) is 3.73. The molecule has 0 amide bonds. The largest absolute Gasteiger partial charge is 0.376 e. The number of hydrogen-bond donors (Lipinski definition) is 2. The summed E-state index contributed by atoms with van der Waals surface area (Å²) in [5.41, 5.74) is 5.65. The molecule has 1 aromatic carbocycles. The first-order valence-electron chi connectivity index (χ1n) is 9.17. The highest BCUT2D eigenvalue weighted by Gasteiger charge is 2.41. The number of rotatable bonds is 3. The quantitative estimate of drug-likeness (QED) is 0.686. The molecule has 0 saturated heterocycles. The average Bonchev–Trinajstić information content (AvgIpc) is 3.00. The van der Waals surface area contributed by atoms with Gasteiger partial charge in [-0.3, -0.25) is 0 Å². The molecule has 2 unspecified atom stereocenters. The van der Waals surface area contributed by atoms with E-state index in [0.29, 0.717) is 11.8 Å². The maximum atomic E-state index is 3.77. The molecule has 2 aromatic rings. The fourth-order valence-electron chi connectivity index (χ4n) is 4.73. The van der Waals surface area contributed by atoms with Crippen molar-refractivity contribution in [1.82, 2.24) is 4.98 Å². The lowest BCUT2D eigenvalue weighted by molar-refractivity contribution is 0.253. The van der Waals surface area contributed by atoms with Crippen LogP contribution in [0.25, 0.3) is 0 Å². The molecule has 0 saturated carbocycles. The van der Waals surface area contributed by atoms with Gasteiger partial charge in [-0.1, -0.05) is 66.7 Å². The van der Waals surface area contributed by atoms with Crippen LogP contribution in [0.5, 0.6) is 0 Å². The number of fused-ring (bicyclic) bond motifs is 1. The molecule has 1 aliphatic rings. The SMILES string of the molecule is CC(C)C(c1ccc(C2Nc3ccccc3C2(C)C)[nH]1)C(C)(C)C. The van der Waals surface area contributed by atoms with Gasteiger partial charge in [-0.15, -0.1) is 0 Å². The molecule has 130 valence electrons. The molecule has 1 aliphatic heterocycles. The lowest BCUT2D eigenvalue weighted by Gasteiger charge is -2.33. The predicted octanol–water partition coefficient (Wildman–Crippen LogP) is 6.24. The minimum Gasteiger partial charge on any atom is -0.376 e. The Morgan fingerprint density at radius 2 is 1.67 bits per heavy atom. The molecule has 1 aromatic heterocycles. The number of nitrogens with one attached hydrogen (secondary N) is 2. The van der Waals surface area contributed by atoms with Gasteiger partial charge in [0.1, 0.15) is 0 Å². The molecule has 0 bridgehead atoms. The van der Waals surface area contributed by atoms with Gasteiger partial charge in [0.05, 0.1) is 6.04 Å². The second kappa shape index (κ2) is 5.68. The summed E-state index contributed by atoms with van der Waals surface area (Å²) in [4.78, 5) is 3.77. The average molecular weight is 325 g/mol. The molecule has 0 aliphatic carbocycles. The summed E-state index contributed by atoms with van der Waals surface area (Å²) < 4.78 is 0. The number of para-hydroxylation sites is 1. The summed E-state index contributed by atoms with van der Waals surface area (Å²) in [6, 6.07) is 13.5. The summed E-state index contributed by atoms with van der Waals surface area (Å²) in [5.74, 6) is 1.14. The number of aromatic nitrogens is 1. The van der Waals surface area contributed by atoms with E-state index in [1.165, 1.54) is 22.6 Å². The van der Waals surface area contributed by atoms with E-state index in [9.17, 15) is 0 Å². The lowest BCUT2D eigenvalue weighted by Crippen LogP contribution is -2.26. The van der Waals surface area contributed by atoms with Gasteiger partial charge in [0.2, 0.25) is 0 Å². The Labute approximate surface area is 147 Å². The summed E-state index contributed by atoms with van der Waals surface area (Å²) in [6.45, 7) is 16.3. The van der Waals surface area contributed by atoms with Crippen molar-refractivity contribution in [3.63, 3.8) is 0 Å². The predicted molar refractivity (Wildman–Crippen MR) is 104 cm³/mol. The molecule has 0 radical (unpaired) electrons. The maximum Gasteiger partial charge on any atom is 0.0755 e. The second-order valence-electron chi connectivity index (χ2n) is 9.30. The molecule has 2 atom stereocenters. The normalized spacial score (nSPS) is 20.8. The standard InChI is InChI=1S/C22H32N2/c1-14(2)19(21(3,4)5)17-12-13-18(23-17)20-22(6,7)15-10-8-9-11-16(15)24-20/h8-14,19-20,23-24H,1-7H3. The highest BCUT2D eigenvalue weighted by Crippen LogP contribution is 2.48. The van der Waals surface area contributed by atoms with Crippen LogP contribution >= 0.6 is 0 Å². The van der Waals surface area contributed by atoms with Crippen LogP contribution in [0.2, 0.25) is 0 Å². The van der Waals surface area contributed by atoms with E-state index >= 15 is 0 Å². The molecular weight excluding hydrogens is 292 g/mol. The van der Waals surface area contributed by atoms with Crippen molar-refractivity contribution in [1.29, 1.82) is 0 Å². The molecule has 3 rings (SSSR count). The minimum atomic E-state index is 0.0772. The Balaban J connectivity index is 1.95. The van der Waals surface area contributed by atoms with Crippen LogP contribution in [-0.2, 0) is 5.41 Å². The third-order valence-electron chi connectivity index (χ3n) is 5.62. The van der Waals surface area contributed by atoms with Crippen molar-refractivity contribution < 1.29 is 0 Å². The van der Waals surface area contributed by atoms with Crippen LogP contribution in [0.4, 0.5) is 5.69 Å². The first-order chi connectivity index (χ1) is 11.1. The molecule has 2 N–H and O–H groups in total. The number of hydrogen-bond acceptors (Lipinski definition) is 1. The third kappa shape index (κ3) is 2.76. The lowest BCUT2D eigenvalue weighted by atomic mass is 9.72. The van der Waals surface area contributed by atoms with Crippen molar-refractivity contribution in [3.8, 4) is 0 Å². The fraction of sp³-hybridized carbons (Fsp3) is 0.545. The Bertz CT molecular complexity index is 716. The van der Waals surface area contributed by atoms with Gasteiger partial charge in [-0.2, -0.15) is 0 Å². The highest BCUT2D eigenvalue weighted by molar-refractivity contribution is 5.62. The van der Waals surface area contributed by atoms with Crippen LogP contribution in [0, 0.1) is 11.3 Å². The van der Waals surface area contributed by atoms with Crippen molar-refractivity contribution in [2.75, 3.05) is 5.32 Å². The maximum absolute atomic E-state index is 3.77. The number of benzene rings is 1. The van der Waals surface area contributed by atoms with E-state index < -0.39 is 0 Å². The second-order valence-corrected chi connectivity index (χ2v) is 9.30. The Morgan fingerprint density at radius 1 is 1.00 bits per heavy atom. The molecular formula is C22H32N2.